The van der Waals surface area contributed by atoms with Gasteiger partial charge in [-0.1, -0.05) is 36.4 Å². The third-order valence-corrected chi connectivity index (χ3v) is 5.44. The van der Waals surface area contributed by atoms with Crippen LogP contribution in [0.4, 0.5) is 10.5 Å². The first-order chi connectivity index (χ1) is 13.0. The van der Waals surface area contributed by atoms with Crippen LogP contribution in [0.3, 0.4) is 0 Å². The summed E-state index contributed by atoms with van der Waals surface area (Å²) in [5.74, 6) is -0.634. The second-order valence-corrected chi connectivity index (χ2v) is 7.25. The highest BCUT2D eigenvalue weighted by Crippen LogP contribution is 2.33. The number of fused-ring (bicyclic) bond motifs is 1. The molecule has 2 aliphatic rings. The lowest BCUT2D eigenvalue weighted by atomic mass is 9.82. The third-order valence-electron chi connectivity index (χ3n) is 5.44. The van der Waals surface area contributed by atoms with Crippen LogP contribution < -0.4 is 16.0 Å². The van der Waals surface area contributed by atoms with Crippen molar-refractivity contribution >= 4 is 23.5 Å². The predicted octanol–water partition coefficient (Wildman–Crippen LogP) is 2.80. The molecule has 4 rings (SSSR count). The molecule has 2 aromatic rings. The number of rotatable bonds is 3. The van der Waals surface area contributed by atoms with Crippen molar-refractivity contribution in [3.05, 3.63) is 65.2 Å². The van der Waals surface area contributed by atoms with E-state index in [1.54, 1.807) is 31.2 Å². The standard InChI is InChI=1S/C21H21N3O3/c1-21(19(26)23-20(27)24-21)14-8-5-9-15(12-14)22-18(25)17-11-4-7-13-6-2-3-10-16(13)17/h2-3,5-6,8-10,12,17H,4,7,11H2,1H3,(H,22,25)(H2,23,24,26,27)/t17-,21+/m0/s1. The van der Waals surface area contributed by atoms with E-state index in [2.05, 4.69) is 22.0 Å². The third kappa shape index (κ3) is 3.07. The molecule has 6 heteroatoms. The highest BCUT2D eigenvalue weighted by molar-refractivity contribution is 6.07. The highest BCUT2D eigenvalue weighted by atomic mass is 16.2. The average Bonchev–Trinajstić information content (AvgIpc) is 2.94. The molecule has 2 atom stereocenters. The van der Waals surface area contributed by atoms with Crippen LogP contribution in [-0.4, -0.2) is 17.8 Å². The number of anilines is 1. The second-order valence-electron chi connectivity index (χ2n) is 7.25. The second kappa shape index (κ2) is 6.54. The van der Waals surface area contributed by atoms with Gasteiger partial charge in [-0.25, -0.2) is 4.79 Å². The van der Waals surface area contributed by atoms with Crippen LogP contribution >= 0.6 is 0 Å². The van der Waals surface area contributed by atoms with Crippen LogP contribution in [0.25, 0.3) is 0 Å². The molecule has 6 nitrogen and oxygen atoms in total. The number of imide groups is 1. The first-order valence-electron chi connectivity index (χ1n) is 9.10. The lowest BCUT2D eigenvalue weighted by molar-refractivity contribution is -0.123. The largest absolute Gasteiger partial charge is 0.326 e. The summed E-state index contributed by atoms with van der Waals surface area (Å²) in [5.41, 5.74) is 2.40. The van der Waals surface area contributed by atoms with E-state index in [1.807, 2.05) is 18.2 Å². The van der Waals surface area contributed by atoms with Gasteiger partial charge in [-0.05, 0) is 55.0 Å². The maximum atomic E-state index is 12.9. The molecule has 2 aromatic carbocycles. The van der Waals surface area contributed by atoms with Gasteiger partial charge in [-0.3, -0.25) is 14.9 Å². The molecule has 1 heterocycles. The first kappa shape index (κ1) is 17.3. The van der Waals surface area contributed by atoms with E-state index >= 15 is 0 Å². The molecule has 1 aliphatic heterocycles. The molecule has 27 heavy (non-hydrogen) atoms. The van der Waals surface area contributed by atoms with Gasteiger partial charge < -0.3 is 10.6 Å². The minimum Gasteiger partial charge on any atom is -0.326 e. The van der Waals surface area contributed by atoms with Crippen molar-refractivity contribution < 1.29 is 14.4 Å². The topological polar surface area (TPSA) is 87.3 Å². The summed E-state index contributed by atoms with van der Waals surface area (Å²) < 4.78 is 0. The Morgan fingerprint density at radius 1 is 1.15 bits per heavy atom. The van der Waals surface area contributed by atoms with Gasteiger partial charge in [0.15, 0.2) is 0 Å². The normalized spacial score (nSPS) is 24.0. The van der Waals surface area contributed by atoms with E-state index in [9.17, 15) is 14.4 Å². The zero-order valence-electron chi connectivity index (χ0n) is 15.0. The smallest absolute Gasteiger partial charge is 0.322 e. The predicted molar refractivity (Wildman–Crippen MR) is 101 cm³/mol. The molecule has 4 amide bonds. The SMILES string of the molecule is C[C@]1(c2cccc(NC(=O)[C@H]3CCCc4ccccc43)c2)NC(=O)NC1=O. The van der Waals surface area contributed by atoms with Crippen LogP contribution in [0.1, 0.15) is 42.4 Å². The molecule has 0 aromatic heterocycles. The van der Waals surface area contributed by atoms with E-state index in [4.69, 9.17) is 0 Å². The fraction of sp³-hybridized carbons (Fsp3) is 0.286. The van der Waals surface area contributed by atoms with Crippen molar-refractivity contribution in [1.82, 2.24) is 10.6 Å². The number of urea groups is 1. The Labute approximate surface area is 157 Å². The van der Waals surface area contributed by atoms with Crippen LogP contribution in [0, 0.1) is 0 Å². The van der Waals surface area contributed by atoms with E-state index in [-0.39, 0.29) is 11.8 Å². The maximum absolute atomic E-state index is 12.9. The minimum absolute atomic E-state index is 0.0515. The number of carbonyl (C=O) groups is 3. The summed E-state index contributed by atoms with van der Waals surface area (Å²) in [6.07, 6.45) is 2.81. The molecule has 1 aliphatic carbocycles. The number of carbonyl (C=O) groups excluding carboxylic acids is 3. The van der Waals surface area contributed by atoms with Gasteiger partial charge in [0.2, 0.25) is 5.91 Å². The number of amides is 4. The van der Waals surface area contributed by atoms with Crippen molar-refractivity contribution in [1.29, 1.82) is 0 Å². The van der Waals surface area contributed by atoms with Crippen molar-refractivity contribution in [2.75, 3.05) is 5.32 Å². The number of aryl methyl sites for hydroxylation is 1. The number of hydrogen-bond acceptors (Lipinski definition) is 3. The van der Waals surface area contributed by atoms with Crippen molar-refractivity contribution in [3.8, 4) is 0 Å². The Morgan fingerprint density at radius 3 is 2.74 bits per heavy atom. The summed E-state index contributed by atoms with van der Waals surface area (Å²) in [4.78, 5) is 36.6. The molecule has 0 radical (unpaired) electrons. The maximum Gasteiger partial charge on any atom is 0.322 e. The van der Waals surface area contributed by atoms with Crippen molar-refractivity contribution in [2.24, 2.45) is 0 Å². The van der Waals surface area contributed by atoms with Crippen molar-refractivity contribution in [2.45, 2.75) is 37.6 Å². The molecular formula is C21H21N3O3. The van der Waals surface area contributed by atoms with E-state index in [1.165, 1.54) is 5.56 Å². The summed E-state index contributed by atoms with van der Waals surface area (Å²) in [7, 11) is 0. The fourth-order valence-electron chi connectivity index (χ4n) is 3.91. The zero-order chi connectivity index (χ0) is 19.0. The van der Waals surface area contributed by atoms with Crippen LogP contribution in [-0.2, 0) is 21.5 Å². The van der Waals surface area contributed by atoms with Gasteiger partial charge in [-0.15, -0.1) is 0 Å². The van der Waals surface area contributed by atoms with E-state index in [0.717, 1.165) is 24.8 Å². The average molecular weight is 363 g/mol. The molecular weight excluding hydrogens is 342 g/mol. The Morgan fingerprint density at radius 2 is 1.96 bits per heavy atom. The highest BCUT2D eigenvalue weighted by Gasteiger charge is 2.43. The van der Waals surface area contributed by atoms with Crippen LogP contribution in [0.5, 0.6) is 0 Å². The zero-order valence-corrected chi connectivity index (χ0v) is 15.0. The van der Waals surface area contributed by atoms with Gasteiger partial charge in [0, 0.05) is 5.69 Å². The molecule has 0 spiro atoms. The van der Waals surface area contributed by atoms with Gasteiger partial charge in [0.05, 0.1) is 5.92 Å². The molecule has 3 N–H and O–H groups in total. The Balaban J connectivity index is 1.57. The molecule has 0 bridgehead atoms. The van der Waals surface area contributed by atoms with Gasteiger partial charge in [0.25, 0.3) is 5.91 Å². The molecule has 1 saturated heterocycles. The van der Waals surface area contributed by atoms with Gasteiger partial charge >= 0.3 is 6.03 Å². The van der Waals surface area contributed by atoms with Crippen LogP contribution in [0.15, 0.2) is 48.5 Å². The van der Waals surface area contributed by atoms with Crippen molar-refractivity contribution in [3.63, 3.8) is 0 Å². The fourth-order valence-corrected chi connectivity index (χ4v) is 3.91. The summed E-state index contributed by atoms with van der Waals surface area (Å²) in [5, 5.41) is 7.87. The summed E-state index contributed by atoms with van der Waals surface area (Å²) in [6.45, 7) is 1.64. The lowest BCUT2D eigenvalue weighted by Gasteiger charge is -2.25. The quantitative estimate of drug-likeness (QED) is 0.733. The molecule has 138 valence electrons. The van der Waals surface area contributed by atoms with Crippen LogP contribution in [0.2, 0.25) is 0 Å². The number of nitrogens with one attached hydrogen (secondary N) is 3. The molecule has 0 saturated carbocycles. The van der Waals surface area contributed by atoms with Gasteiger partial charge in [-0.2, -0.15) is 0 Å². The minimum atomic E-state index is -1.14. The van der Waals surface area contributed by atoms with E-state index in [0.29, 0.717) is 11.3 Å². The number of benzene rings is 2. The summed E-state index contributed by atoms with van der Waals surface area (Å²) >= 11 is 0. The molecule has 1 fully saturated rings. The first-order valence-corrected chi connectivity index (χ1v) is 9.10. The summed E-state index contributed by atoms with van der Waals surface area (Å²) in [6, 6.07) is 14.6. The number of hydrogen-bond donors (Lipinski definition) is 3. The Bertz CT molecular complexity index is 940. The monoisotopic (exact) mass is 363 g/mol. The van der Waals surface area contributed by atoms with Gasteiger partial charge in [0.1, 0.15) is 5.54 Å². The van der Waals surface area contributed by atoms with E-state index < -0.39 is 17.5 Å². The molecule has 0 unspecified atom stereocenters. The Hall–Kier alpha value is -3.15. The lowest BCUT2D eigenvalue weighted by Crippen LogP contribution is -2.40. The Kier molecular flexibility index (Phi) is 4.18.